The van der Waals surface area contributed by atoms with Gasteiger partial charge in [-0.25, -0.2) is 0 Å². The number of methoxy groups -OCH3 is 1. The standard InChI is InChI=1S/C14H20Cl2N2O2/c1-20-8-2-6-18-14(19)10-17-7-5-11-3-4-12(15)9-13(11)16/h3-4,9,17H,2,5-8,10H2,1H3,(H,18,19). The van der Waals surface area contributed by atoms with E-state index < -0.39 is 0 Å². The van der Waals surface area contributed by atoms with Crippen LogP contribution in [0.15, 0.2) is 18.2 Å². The summed E-state index contributed by atoms with van der Waals surface area (Å²) in [5.74, 6) is -0.0108. The Kier molecular flexibility index (Phi) is 8.62. The Balaban J connectivity index is 2.13. The van der Waals surface area contributed by atoms with Crippen molar-refractivity contribution in [3.8, 4) is 0 Å². The summed E-state index contributed by atoms with van der Waals surface area (Å²) in [6.45, 7) is 2.28. The molecule has 0 spiro atoms. The normalized spacial score (nSPS) is 10.6. The van der Waals surface area contributed by atoms with Crippen molar-refractivity contribution in [3.63, 3.8) is 0 Å². The largest absolute Gasteiger partial charge is 0.385 e. The molecule has 20 heavy (non-hydrogen) atoms. The predicted molar refractivity (Wildman–Crippen MR) is 82.5 cm³/mol. The van der Waals surface area contributed by atoms with Crippen molar-refractivity contribution in [1.82, 2.24) is 10.6 Å². The number of carbonyl (C=O) groups excluding carboxylic acids is 1. The second-order valence-electron chi connectivity index (χ2n) is 4.36. The number of benzene rings is 1. The average Bonchev–Trinajstić information content (AvgIpc) is 2.41. The lowest BCUT2D eigenvalue weighted by atomic mass is 10.1. The Morgan fingerprint density at radius 3 is 2.80 bits per heavy atom. The van der Waals surface area contributed by atoms with E-state index in [0.717, 1.165) is 18.4 Å². The van der Waals surface area contributed by atoms with Gasteiger partial charge in [-0.1, -0.05) is 29.3 Å². The summed E-state index contributed by atoms with van der Waals surface area (Å²) < 4.78 is 4.90. The number of hydrogen-bond acceptors (Lipinski definition) is 3. The molecule has 0 fully saturated rings. The summed E-state index contributed by atoms with van der Waals surface area (Å²) in [6.07, 6.45) is 1.58. The van der Waals surface area contributed by atoms with E-state index in [1.807, 2.05) is 12.1 Å². The summed E-state index contributed by atoms with van der Waals surface area (Å²) in [5.41, 5.74) is 1.02. The van der Waals surface area contributed by atoms with Gasteiger partial charge in [0, 0.05) is 30.3 Å². The highest BCUT2D eigenvalue weighted by Gasteiger charge is 2.03. The van der Waals surface area contributed by atoms with Crippen molar-refractivity contribution in [3.05, 3.63) is 33.8 Å². The van der Waals surface area contributed by atoms with E-state index in [1.54, 1.807) is 13.2 Å². The van der Waals surface area contributed by atoms with Gasteiger partial charge in [-0.15, -0.1) is 0 Å². The van der Waals surface area contributed by atoms with Crippen LogP contribution in [0.2, 0.25) is 10.0 Å². The summed E-state index contributed by atoms with van der Waals surface area (Å²) in [7, 11) is 1.64. The van der Waals surface area contributed by atoms with Gasteiger partial charge >= 0.3 is 0 Å². The molecule has 2 N–H and O–H groups in total. The molecule has 6 heteroatoms. The molecular formula is C14H20Cl2N2O2. The van der Waals surface area contributed by atoms with Crippen LogP contribution < -0.4 is 10.6 Å². The van der Waals surface area contributed by atoms with Crippen LogP contribution >= 0.6 is 23.2 Å². The minimum Gasteiger partial charge on any atom is -0.385 e. The monoisotopic (exact) mass is 318 g/mol. The third-order valence-corrected chi connectivity index (χ3v) is 3.31. The number of nitrogens with one attached hydrogen (secondary N) is 2. The Morgan fingerprint density at radius 2 is 2.10 bits per heavy atom. The van der Waals surface area contributed by atoms with Crippen LogP contribution in [0.5, 0.6) is 0 Å². The molecule has 1 rings (SSSR count). The second kappa shape index (κ2) is 10.00. The number of halogens is 2. The van der Waals surface area contributed by atoms with Gasteiger partial charge < -0.3 is 15.4 Å². The van der Waals surface area contributed by atoms with Crippen molar-refractivity contribution in [2.24, 2.45) is 0 Å². The molecule has 4 nitrogen and oxygen atoms in total. The highest BCUT2D eigenvalue weighted by Crippen LogP contribution is 2.20. The molecule has 0 aliphatic heterocycles. The quantitative estimate of drug-likeness (QED) is 0.687. The van der Waals surface area contributed by atoms with Crippen LogP contribution in [-0.2, 0) is 16.0 Å². The molecule has 112 valence electrons. The summed E-state index contributed by atoms with van der Waals surface area (Å²) in [4.78, 5) is 11.5. The van der Waals surface area contributed by atoms with Crippen molar-refractivity contribution in [2.45, 2.75) is 12.8 Å². The Hall–Kier alpha value is -0.810. The van der Waals surface area contributed by atoms with Gasteiger partial charge in [-0.05, 0) is 37.1 Å². The Morgan fingerprint density at radius 1 is 1.30 bits per heavy atom. The molecule has 0 aliphatic carbocycles. The highest BCUT2D eigenvalue weighted by atomic mass is 35.5. The minimum atomic E-state index is -0.0108. The van der Waals surface area contributed by atoms with Gasteiger partial charge in [-0.2, -0.15) is 0 Å². The van der Waals surface area contributed by atoms with Crippen molar-refractivity contribution < 1.29 is 9.53 Å². The third kappa shape index (κ3) is 7.10. The van der Waals surface area contributed by atoms with Crippen molar-refractivity contribution in [1.29, 1.82) is 0 Å². The average molecular weight is 319 g/mol. The number of ether oxygens (including phenoxy) is 1. The lowest BCUT2D eigenvalue weighted by molar-refractivity contribution is -0.120. The SMILES string of the molecule is COCCCNC(=O)CNCCc1ccc(Cl)cc1Cl. The molecule has 1 aromatic carbocycles. The third-order valence-electron chi connectivity index (χ3n) is 2.72. The maximum atomic E-state index is 11.5. The molecule has 0 saturated carbocycles. The highest BCUT2D eigenvalue weighted by molar-refractivity contribution is 6.35. The molecule has 0 aliphatic rings. The summed E-state index contributed by atoms with van der Waals surface area (Å²) in [5, 5.41) is 7.17. The van der Waals surface area contributed by atoms with Crippen molar-refractivity contribution in [2.75, 3.05) is 33.4 Å². The zero-order valence-electron chi connectivity index (χ0n) is 11.5. The zero-order valence-corrected chi connectivity index (χ0v) is 13.1. The smallest absolute Gasteiger partial charge is 0.233 e. The number of rotatable bonds is 9. The molecule has 0 bridgehead atoms. The van der Waals surface area contributed by atoms with E-state index in [2.05, 4.69) is 10.6 Å². The van der Waals surface area contributed by atoms with Gasteiger partial charge in [0.15, 0.2) is 0 Å². The van der Waals surface area contributed by atoms with Crippen LogP contribution in [-0.4, -0.2) is 39.3 Å². The van der Waals surface area contributed by atoms with E-state index >= 15 is 0 Å². The molecule has 0 saturated heterocycles. The Bertz CT molecular complexity index is 428. The van der Waals surface area contributed by atoms with Gasteiger partial charge in [-0.3, -0.25) is 4.79 Å². The maximum absolute atomic E-state index is 11.5. The Labute approximate surface area is 129 Å². The first kappa shape index (κ1) is 17.2. The topological polar surface area (TPSA) is 50.4 Å². The fraction of sp³-hybridized carbons (Fsp3) is 0.500. The molecule has 0 aromatic heterocycles. The second-order valence-corrected chi connectivity index (χ2v) is 5.20. The predicted octanol–water partition coefficient (Wildman–Crippen LogP) is 2.28. The molecule has 1 aromatic rings. The van der Waals surface area contributed by atoms with Gasteiger partial charge in [0.25, 0.3) is 0 Å². The first-order chi connectivity index (χ1) is 9.63. The van der Waals surface area contributed by atoms with E-state index in [4.69, 9.17) is 27.9 Å². The van der Waals surface area contributed by atoms with E-state index in [-0.39, 0.29) is 5.91 Å². The van der Waals surface area contributed by atoms with E-state index in [1.165, 1.54) is 0 Å². The van der Waals surface area contributed by atoms with Gasteiger partial charge in [0.2, 0.25) is 5.91 Å². The van der Waals surface area contributed by atoms with Crippen LogP contribution in [0.1, 0.15) is 12.0 Å². The van der Waals surface area contributed by atoms with Gasteiger partial charge in [0.1, 0.15) is 0 Å². The number of carbonyl (C=O) groups is 1. The molecular weight excluding hydrogens is 299 g/mol. The van der Waals surface area contributed by atoms with Crippen LogP contribution in [0.4, 0.5) is 0 Å². The van der Waals surface area contributed by atoms with E-state index in [0.29, 0.717) is 36.3 Å². The fourth-order valence-corrected chi connectivity index (χ4v) is 2.16. The molecule has 0 heterocycles. The fourth-order valence-electron chi connectivity index (χ4n) is 1.66. The maximum Gasteiger partial charge on any atom is 0.233 e. The summed E-state index contributed by atoms with van der Waals surface area (Å²) >= 11 is 11.9. The lowest BCUT2D eigenvalue weighted by Gasteiger charge is -2.07. The molecule has 0 unspecified atom stereocenters. The van der Waals surface area contributed by atoms with Crippen molar-refractivity contribution >= 4 is 29.1 Å². The number of amides is 1. The summed E-state index contributed by atoms with van der Waals surface area (Å²) in [6, 6.07) is 5.43. The molecule has 1 amide bonds. The molecule has 0 radical (unpaired) electrons. The zero-order chi connectivity index (χ0) is 14.8. The molecule has 0 atom stereocenters. The number of hydrogen-bond donors (Lipinski definition) is 2. The van der Waals surface area contributed by atoms with Gasteiger partial charge in [0.05, 0.1) is 6.54 Å². The van der Waals surface area contributed by atoms with E-state index in [9.17, 15) is 4.79 Å². The van der Waals surface area contributed by atoms with Crippen LogP contribution in [0.3, 0.4) is 0 Å². The van der Waals surface area contributed by atoms with Crippen LogP contribution in [0.25, 0.3) is 0 Å². The first-order valence-corrected chi connectivity index (χ1v) is 7.29. The lowest BCUT2D eigenvalue weighted by Crippen LogP contribution is -2.35. The first-order valence-electron chi connectivity index (χ1n) is 6.53. The van der Waals surface area contributed by atoms with Crippen LogP contribution in [0, 0.1) is 0 Å². The minimum absolute atomic E-state index is 0.0108.